The van der Waals surface area contributed by atoms with Crippen molar-refractivity contribution in [3.63, 3.8) is 0 Å². The van der Waals surface area contributed by atoms with Crippen molar-refractivity contribution < 1.29 is 14.6 Å². The SMILES string of the molecule is CCCN(CCO)C1CCOC2(CCOCC2)C1. The summed E-state index contributed by atoms with van der Waals surface area (Å²) in [6.07, 6.45) is 5.41. The van der Waals surface area contributed by atoms with Gasteiger partial charge < -0.3 is 14.6 Å². The number of aliphatic hydroxyl groups is 1. The summed E-state index contributed by atoms with van der Waals surface area (Å²) in [5.41, 5.74) is 0.0581. The van der Waals surface area contributed by atoms with Crippen LogP contribution in [0, 0.1) is 0 Å². The van der Waals surface area contributed by atoms with Gasteiger partial charge in [0.05, 0.1) is 12.2 Å². The van der Waals surface area contributed by atoms with Crippen LogP contribution < -0.4 is 0 Å². The molecule has 106 valence electrons. The van der Waals surface area contributed by atoms with Crippen LogP contribution in [-0.2, 0) is 9.47 Å². The predicted octanol–water partition coefficient (Wildman–Crippen LogP) is 1.42. The molecule has 1 unspecified atom stereocenters. The molecule has 2 aliphatic rings. The molecule has 0 amide bonds. The molecule has 2 saturated heterocycles. The molecule has 4 heteroatoms. The highest BCUT2D eigenvalue weighted by atomic mass is 16.5. The van der Waals surface area contributed by atoms with Crippen molar-refractivity contribution in [3.8, 4) is 0 Å². The number of aliphatic hydroxyl groups excluding tert-OH is 1. The fraction of sp³-hybridized carbons (Fsp3) is 1.00. The van der Waals surface area contributed by atoms with Crippen molar-refractivity contribution in [2.24, 2.45) is 0 Å². The number of ether oxygens (including phenoxy) is 2. The summed E-state index contributed by atoms with van der Waals surface area (Å²) in [4.78, 5) is 2.44. The normalized spacial score (nSPS) is 27.8. The first-order valence-electron chi connectivity index (χ1n) is 7.36. The molecular weight excluding hydrogens is 230 g/mol. The maximum Gasteiger partial charge on any atom is 0.0741 e. The number of hydrogen-bond donors (Lipinski definition) is 1. The third kappa shape index (κ3) is 3.44. The second-order valence-corrected chi connectivity index (χ2v) is 5.55. The van der Waals surface area contributed by atoms with Crippen LogP contribution >= 0.6 is 0 Å². The van der Waals surface area contributed by atoms with Crippen molar-refractivity contribution in [1.29, 1.82) is 0 Å². The van der Waals surface area contributed by atoms with E-state index in [1.807, 2.05) is 0 Å². The third-order valence-electron chi connectivity index (χ3n) is 4.29. The fourth-order valence-corrected chi connectivity index (χ4v) is 3.30. The zero-order valence-corrected chi connectivity index (χ0v) is 11.6. The van der Waals surface area contributed by atoms with Crippen molar-refractivity contribution in [1.82, 2.24) is 4.90 Å². The Morgan fingerprint density at radius 2 is 2.00 bits per heavy atom. The van der Waals surface area contributed by atoms with E-state index in [-0.39, 0.29) is 12.2 Å². The quantitative estimate of drug-likeness (QED) is 0.809. The zero-order valence-electron chi connectivity index (χ0n) is 11.6. The second-order valence-electron chi connectivity index (χ2n) is 5.55. The molecule has 1 spiro atoms. The Labute approximate surface area is 110 Å². The van der Waals surface area contributed by atoms with Gasteiger partial charge in [-0.25, -0.2) is 0 Å². The van der Waals surface area contributed by atoms with E-state index in [2.05, 4.69) is 11.8 Å². The molecule has 0 radical (unpaired) electrons. The second kappa shape index (κ2) is 6.85. The molecule has 0 aliphatic carbocycles. The van der Waals surface area contributed by atoms with Crippen LogP contribution in [0.1, 0.15) is 39.0 Å². The molecular formula is C14H27NO3. The molecule has 2 aliphatic heterocycles. The van der Waals surface area contributed by atoms with Crippen LogP contribution in [-0.4, -0.2) is 61.2 Å². The summed E-state index contributed by atoms with van der Waals surface area (Å²) >= 11 is 0. The Morgan fingerprint density at radius 1 is 1.22 bits per heavy atom. The van der Waals surface area contributed by atoms with Gasteiger partial charge in [-0.15, -0.1) is 0 Å². The highest BCUT2D eigenvalue weighted by Gasteiger charge is 2.40. The average molecular weight is 257 g/mol. The van der Waals surface area contributed by atoms with Crippen LogP contribution in [0.15, 0.2) is 0 Å². The van der Waals surface area contributed by atoms with Gasteiger partial charge in [-0.05, 0) is 38.6 Å². The minimum Gasteiger partial charge on any atom is -0.395 e. The van der Waals surface area contributed by atoms with Gasteiger partial charge in [0.1, 0.15) is 0 Å². The topological polar surface area (TPSA) is 41.9 Å². The third-order valence-corrected chi connectivity index (χ3v) is 4.29. The first-order chi connectivity index (χ1) is 8.79. The van der Waals surface area contributed by atoms with Gasteiger partial charge in [0.25, 0.3) is 0 Å². The fourth-order valence-electron chi connectivity index (χ4n) is 3.30. The smallest absolute Gasteiger partial charge is 0.0741 e. The maximum absolute atomic E-state index is 9.20. The summed E-state index contributed by atoms with van der Waals surface area (Å²) < 4.78 is 11.5. The average Bonchev–Trinajstić information content (AvgIpc) is 2.39. The molecule has 18 heavy (non-hydrogen) atoms. The zero-order chi connectivity index (χ0) is 12.8. The van der Waals surface area contributed by atoms with E-state index in [4.69, 9.17) is 9.47 Å². The molecule has 2 rings (SSSR count). The van der Waals surface area contributed by atoms with Crippen molar-refractivity contribution in [2.75, 3.05) is 39.5 Å². The summed E-state index contributed by atoms with van der Waals surface area (Å²) in [6, 6.07) is 0.573. The molecule has 1 atom stereocenters. The molecule has 2 fully saturated rings. The Kier molecular flexibility index (Phi) is 5.42. The lowest BCUT2D eigenvalue weighted by molar-refractivity contribution is -0.151. The first kappa shape index (κ1) is 14.3. The maximum atomic E-state index is 9.20. The van der Waals surface area contributed by atoms with Crippen molar-refractivity contribution >= 4 is 0 Å². The van der Waals surface area contributed by atoms with Crippen LogP contribution in [0.5, 0.6) is 0 Å². The van der Waals surface area contributed by atoms with E-state index in [0.717, 1.165) is 65.0 Å². The van der Waals surface area contributed by atoms with E-state index >= 15 is 0 Å². The molecule has 0 bridgehead atoms. The predicted molar refractivity (Wildman–Crippen MR) is 70.7 cm³/mol. The highest BCUT2D eigenvalue weighted by molar-refractivity contribution is 4.92. The van der Waals surface area contributed by atoms with Gasteiger partial charge in [-0.2, -0.15) is 0 Å². The standard InChI is InChI=1S/C14H27NO3/c1-2-6-15(7-8-16)13-3-9-18-14(12-13)4-10-17-11-5-14/h13,16H,2-12H2,1H3. The monoisotopic (exact) mass is 257 g/mol. The van der Waals surface area contributed by atoms with Crippen molar-refractivity contribution in [2.45, 2.75) is 50.7 Å². The van der Waals surface area contributed by atoms with Gasteiger partial charge in [0.2, 0.25) is 0 Å². The van der Waals surface area contributed by atoms with Crippen LogP contribution in [0.25, 0.3) is 0 Å². The van der Waals surface area contributed by atoms with Gasteiger partial charge >= 0.3 is 0 Å². The van der Waals surface area contributed by atoms with Gasteiger partial charge in [-0.3, -0.25) is 4.90 Å². The highest BCUT2D eigenvalue weighted by Crippen LogP contribution is 2.36. The van der Waals surface area contributed by atoms with E-state index in [0.29, 0.717) is 6.04 Å². The summed E-state index contributed by atoms with van der Waals surface area (Å²) in [5.74, 6) is 0. The van der Waals surface area contributed by atoms with E-state index in [1.165, 1.54) is 0 Å². The summed E-state index contributed by atoms with van der Waals surface area (Å²) in [6.45, 7) is 6.86. The lowest BCUT2D eigenvalue weighted by atomic mass is 9.83. The lowest BCUT2D eigenvalue weighted by Gasteiger charge is -2.46. The molecule has 0 aromatic rings. The Balaban J connectivity index is 1.95. The molecule has 2 heterocycles. The lowest BCUT2D eigenvalue weighted by Crippen LogP contribution is -2.51. The van der Waals surface area contributed by atoms with E-state index < -0.39 is 0 Å². The molecule has 0 aromatic heterocycles. The molecule has 1 N–H and O–H groups in total. The van der Waals surface area contributed by atoms with Crippen LogP contribution in [0.2, 0.25) is 0 Å². The molecule has 4 nitrogen and oxygen atoms in total. The number of nitrogens with zero attached hydrogens (tertiary/aromatic N) is 1. The van der Waals surface area contributed by atoms with Gasteiger partial charge in [0.15, 0.2) is 0 Å². The summed E-state index contributed by atoms with van der Waals surface area (Å²) in [7, 11) is 0. The number of rotatable bonds is 5. The van der Waals surface area contributed by atoms with Crippen molar-refractivity contribution in [3.05, 3.63) is 0 Å². The number of hydrogen-bond acceptors (Lipinski definition) is 4. The van der Waals surface area contributed by atoms with Gasteiger partial charge in [-0.1, -0.05) is 6.92 Å². The van der Waals surface area contributed by atoms with Gasteiger partial charge in [0, 0.05) is 32.4 Å². The molecule has 0 saturated carbocycles. The van der Waals surface area contributed by atoms with Crippen LogP contribution in [0.4, 0.5) is 0 Å². The minimum atomic E-state index is 0.0581. The van der Waals surface area contributed by atoms with E-state index in [1.54, 1.807) is 0 Å². The Bertz CT molecular complexity index is 230. The largest absolute Gasteiger partial charge is 0.395 e. The minimum absolute atomic E-state index is 0.0581. The molecule has 0 aromatic carbocycles. The first-order valence-corrected chi connectivity index (χ1v) is 7.36. The van der Waals surface area contributed by atoms with E-state index in [9.17, 15) is 5.11 Å². The Hall–Kier alpha value is -0.160. The summed E-state index contributed by atoms with van der Waals surface area (Å²) in [5, 5.41) is 9.20. The Morgan fingerprint density at radius 3 is 2.67 bits per heavy atom. The van der Waals surface area contributed by atoms with Crippen LogP contribution in [0.3, 0.4) is 0 Å².